The molecule has 6 aromatic heterocycles. The van der Waals surface area contributed by atoms with Crippen LogP contribution in [-0.2, 0) is 0 Å². The van der Waals surface area contributed by atoms with Crippen LogP contribution < -0.4 is 0 Å². The number of nitrogens with zero attached hydrogens (tertiary/aromatic N) is 7. The van der Waals surface area contributed by atoms with Gasteiger partial charge in [-0.05, 0) is 23.8 Å². The highest BCUT2D eigenvalue weighted by molar-refractivity contribution is 5.96. The molecular weight excluding hydrogens is 378 g/mol. The third-order valence-corrected chi connectivity index (χ3v) is 4.92. The normalized spacial score (nSPS) is 11.3. The molecule has 0 bridgehead atoms. The predicted molar refractivity (Wildman–Crippen MR) is 111 cm³/mol. The molecule has 0 saturated heterocycles. The van der Waals surface area contributed by atoms with Crippen molar-refractivity contribution in [2.45, 2.75) is 0 Å². The molecule has 0 saturated carbocycles. The number of rotatable bonds is 3. The van der Waals surface area contributed by atoms with Gasteiger partial charge in [0.2, 0.25) is 0 Å². The van der Waals surface area contributed by atoms with Crippen molar-refractivity contribution in [1.29, 1.82) is 0 Å². The van der Waals surface area contributed by atoms with E-state index in [9.17, 15) is 0 Å². The van der Waals surface area contributed by atoms with Gasteiger partial charge in [-0.25, -0.2) is 19.9 Å². The molecule has 0 unspecified atom stereocenters. The highest BCUT2D eigenvalue weighted by Crippen LogP contribution is 2.31. The fourth-order valence-corrected chi connectivity index (χ4v) is 3.48. The van der Waals surface area contributed by atoms with Crippen LogP contribution in [0.25, 0.3) is 55.8 Å². The highest BCUT2D eigenvalue weighted by atomic mass is 15.2. The first-order chi connectivity index (χ1) is 14.9. The van der Waals surface area contributed by atoms with Crippen molar-refractivity contribution in [3.05, 3.63) is 67.9 Å². The summed E-state index contributed by atoms with van der Waals surface area (Å²) in [6.45, 7) is 0. The molecule has 9 nitrogen and oxygen atoms in total. The molecule has 9 heteroatoms. The second-order valence-electron chi connectivity index (χ2n) is 6.72. The van der Waals surface area contributed by atoms with E-state index in [2.05, 4.69) is 40.1 Å². The molecule has 0 aliphatic rings. The van der Waals surface area contributed by atoms with Crippen LogP contribution in [0, 0.1) is 0 Å². The van der Waals surface area contributed by atoms with Gasteiger partial charge in [0, 0.05) is 53.9 Å². The van der Waals surface area contributed by atoms with E-state index in [0.29, 0.717) is 17.2 Å². The van der Waals surface area contributed by atoms with Crippen LogP contribution in [0.1, 0.15) is 0 Å². The van der Waals surface area contributed by atoms with Gasteiger partial charge in [-0.2, -0.15) is 5.10 Å². The molecule has 142 valence electrons. The maximum atomic E-state index is 4.83. The van der Waals surface area contributed by atoms with Crippen molar-refractivity contribution in [2.24, 2.45) is 0 Å². The number of aromatic nitrogens is 9. The van der Waals surface area contributed by atoms with Crippen molar-refractivity contribution < 1.29 is 0 Å². The summed E-state index contributed by atoms with van der Waals surface area (Å²) in [4.78, 5) is 29.3. The molecule has 0 fully saturated rings. The van der Waals surface area contributed by atoms with Crippen LogP contribution in [0.15, 0.2) is 67.9 Å². The first-order valence-electron chi connectivity index (χ1n) is 9.21. The summed E-state index contributed by atoms with van der Waals surface area (Å²) in [6, 6.07) is 5.88. The molecule has 30 heavy (non-hydrogen) atoms. The minimum atomic E-state index is 0.641. The van der Waals surface area contributed by atoms with E-state index in [1.54, 1.807) is 43.4 Å². The summed E-state index contributed by atoms with van der Waals surface area (Å²) in [7, 11) is 0. The first-order valence-corrected chi connectivity index (χ1v) is 9.21. The average molecular weight is 391 g/mol. The van der Waals surface area contributed by atoms with E-state index in [0.717, 1.165) is 38.7 Å². The topological polar surface area (TPSA) is 122 Å². The number of hydrogen-bond acceptors (Lipinski definition) is 7. The van der Waals surface area contributed by atoms with Crippen molar-refractivity contribution in [3.63, 3.8) is 0 Å². The number of aromatic amines is 2. The van der Waals surface area contributed by atoms with Crippen molar-refractivity contribution in [2.75, 3.05) is 0 Å². The monoisotopic (exact) mass is 391 g/mol. The van der Waals surface area contributed by atoms with Crippen LogP contribution in [0.5, 0.6) is 0 Å². The molecule has 0 atom stereocenters. The van der Waals surface area contributed by atoms with Gasteiger partial charge in [0.1, 0.15) is 12.0 Å². The minimum absolute atomic E-state index is 0.641. The lowest BCUT2D eigenvalue weighted by Crippen LogP contribution is -1.86. The third-order valence-electron chi connectivity index (χ3n) is 4.92. The Morgan fingerprint density at radius 1 is 0.767 bits per heavy atom. The molecule has 0 aliphatic heterocycles. The summed E-state index contributed by atoms with van der Waals surface area (Å²) < 4.78 is 0. The Morgan fingerprint density at radius 2 is 1.63 bits per heavy atom. The van der Waals surface area contributed by atoms with E-state index in [1.165, 1.54) is 6.33 Å². The molecule has 6 rings (SSSR count). The Kier molecular flexibility index (Phi) is 3.57. The maximum Gasteiger partial charge on any atom is 0.159 e. The molecule has 0 spiro atoms. The molecule has 2 N–H and O–H groups in total. The zero-order valence-corrected chi connectivity index (χ0v) is 15.5. The molecular formula is C21H13N9. The van der Waals surface area contributed by atoms with Crippen LogP contribution in [-0.4, -0.2) is 45.1 Å². The van der Waals surface area contributed by atoms with Gasteiger partial charge < -0.3 is 4.98 Å². The lowest BCUT2D eigenvalue weighted by atomic mass is 10.1. The second-order valence-corrected chi connectivity index (χ2v) is 6.72. The van der Waals surface area contributed by atoms with Crippen LogP contribution in [0.4, 0.5) is 0 Å². The molecule has 0 aromatic carbocycles. The highest BCUT2D eigenvalue weighted by Gasteiger charge is 2.16. The van der Waals surface area contributed by atoms with Gasteiger partial charge in [-0.3, -0.25) is 15.1 Å². The largest absolute Gasteiger partial charge is 0.335 e. The van der Waals surface area contributed by atoms with E-state index in [4.69, 9.17) is 4.98 Å². The molecule has 0 aliphatic carbocycles. The van der Waals surface area contributed by atoms with E-state index >= 15 is 0 Å². The van der Waals surface area contributed by atoms with E-state index in [-0.39, 0.29) is 0 Å². The van der Waals surface area contributed by atoms with Gasteiger partial charge in [0.15, 0.2) is 11.5 Å². The van der Waals surface area contributed by atoms with Gasteiger partial charge in [-0.1, -0.05) is 0 Å². The van der Waals surface area contributed by atoms with Crippen LogP contribution >= 0.6 is 0 Å². The van der Waals surface area contributed by atoms with Crippen molar-refractivity contribution >= 4 is 22.1 Å². The number of nitrogens with one attached hydrogen (secondary N) is 2. The quantitative estimate of drug-likeness (QED) is 0.474. The minimum Gasteiger partial charge on any atom is -0.335 e. The zero-order chi connectivity index (χ0) is 19.9. The van der Waals surface area contributed by atoms with Crippen molar-refractivity contribution in [3.8, 4) is 33.8 Å². The Morgan fingerprint density at radius 3 is 2.50 bits per heavy atom. The summed E-state index contributed by atoms with van der Waals surface area (Å²) >= 11 is 0. The average Bonchev–Trinajstić information content (AvgIpc) is 3.43. The molecule has 6 aromatic rings. The maximum absolute atomic E-state index is 4.83. The number of fused-ring (bicyclic) bond motifs is 2. The Hall–Kier alpha value is -4.53. The van der Waals surface area contributed by atoms with Gasteiger partial charge in [-0.15, -0.1) is 0 Å². The van der Waals surface area contributed by atoms with Crippen molar-refractivity contribution in [1.82, 2.24) is 45.1 Å². The smallest absolute Gasteiger partial charge is 0.159 e. The SMILES string of the molecule is c1cc(-c2cncc3[nH]c(-c4n[nH]c5ncc(-c6cncnc6)cc45)nc23)ccn1. The summed E-state index contributed by atoms with van der Waals surface area (Å²) in [5.41, 5.74) is 6.73. The van der Waals surface area contributed by atoms with Gasteiger partial charge in [0.25, 0.3) is 0 Å². The number of pyridine rings is 3. The lowest BCUT2D eigenvalue weighted by molar-refractivity contribution is 1.09. The molecule has 6 heterocycles. The fourth-order valence-electron chi connectivity index (χ4n) is 3.48. The van der Waals surface area contributed by atoms with Gasteiger partial charge >= 0.3 is 0 Å². The van der Waals surface area contributed by atoms with Crippen LogP contribution in [0.3, 0.4) is 0 Å². The molecule has 0 amide bonds. The first kappa shape index (κ1) is 16.4. The standard InChI is InChI=1S/C21H13N9/c1-3-22-4-2-12(1)16-9-23-10-17-18(16)28-21(27-17)19-15-5-13(8-26-20(15)30-29-19)14-6-24-11-25-7-14/h1-11H,(H,27,28)(H,26,29,30). The summed E-state index contributed by atoms with van der Waals surface area (Å²) in [5.74, 6) is 0.641. The van der Waals surface area contributed by atoms with Gasteiger partial charge in [0.05, 0.1) is 22.6 Å². The summed E-state index contributed by atoms with van der Waals surface area (Å²) in [6.07, 6.45) is 13.9. The third kappa shape index (κ3) is 2.60. The Balaban J connectivity index is 1.52. The predicted octanol–water partition coefficient (Wildman–Crippen LogP) is 3.42. The number of imidazole rings is 1. The Labute approximate surface area is 169 Å². The zero-order valence-electron chi connectivity index (χ0n) is 15.5. The van der Waals surface area contributed by atoms with Crippen LogP contribution in [0.2, 0.25) is 0 Å². The molecule has 0 radical (unpaired) electrons. The fraction of sp³-hybridized carbons (Fsp3) is 0. The Bertz CT molecular complexity index is 1490. The number of hydrogen-bond donors (Lipinski definition) is 2. The number of H-pyrrole nitrogens is 2. The summed E-state index contributed by atoms with van der Waals surface area (Å²) in [5, 5.41) is 8.29. The van der Waals surface area contributed by atoms with E-state index < -0.39 is 0 Å². The second kappa shape index (κ2) is 6.52. The lowest BCUT2D eigenvalue weighted by Gasteiger charge is -2.00. The van der Waals surface area contributed by atoms with E-state index in [1.807, 2.05) is 18.2 Å².